The van der Waals surface area contributed by atoms with Crippen molar-refractivity contribution in [3.8, 4) is 0 Å². The Morgan fingerprint density at radius 1 is 1.07 bits per heavy atom. The van der Waals surface area contributed by atoms with Crippen LogP contribution in [0.15, 0.2) is 11.2 Å². The lowest BCUT2D eigenvalue weighted by Gasteiger charge is -2.24. The first-order chi connectivity index (χ1) is 7.24. The van der Waals surface area contributed by atoms with Crippen LogP contribution in [0.2, 0.25) is 0 Å². The van der Waals surface area contributed by atoms with Gasteiger partial charge in [0.2, 0.25) is 5.16 Å². The molecule has 0 aromatic carbocycles. The average Bonchev–Trinajstić information content (AvgIpc) is 2.17. The van der Waals surface area contributed by atoms with E-state index in [1.807, 2.05) is 19.9 Å². The Bertz CT molecular complexity index is 314. The summed E-state index contributed by atoms with van der Waals surface area (Å²) in [4.78, 5) is 8.88. The van der Waals surface area contributed by atoms with Crippen molar-refractivity contribution < 1.29 is 0 Å². The second-order valence-electron chi connectivity index (χ2n) is 4.01. The van der Waals surface area contributed by atoms with E-state index in [2.05, 4.69) is 14.3 Å². The summed E-state index contributed by atoms with van der Waals surface area (Å²) in [5.41, 5.74) is 2.11. The average molecular weight is 223 g/mol. The number of hydrogen-bond donors (Lipinski definition) is 0. The predicted octanol–water partition coefficient (Wildman–Crippen LogP) is 2.59. The van der Waals surface area contributed by atoms with E-state index in [1.165, 1.54) is 32.4 Å². The molecule has 0 unspecified atom stereocenters. The lowest BCUT2D eigenvalue weighted by atomic mass is 10.2. The third-order valence-electron chi connectivity index (χ3n) is 2.49. The molecule has 82 valence electrons. The molecule has 1 aliphatic rings. The second kappa shape index (κ2) is 4.94. The first-order valence-corrected chi connectivity index (χ1v) is 6.26. The topological polar surface area (TPSA) is 29.0 Å². The zero-order valence-electron chi connectivity index (χ0n) is 9.36. The Morgan fingerprint density at radius 2 is 1.67 bits per heavy atom. The van der Waals surface area contributed by atoms with Gasteiger partial charge >= 0.3 is 0 Å². The Labute approximate surface area is 95.4 Å². The molecular formula is C11H17N3S. The van der Waals surface area contributed by atoms with Crippen molar-refractivity contribution >= 4 is 11.9 Å². The zero-order chi connectivity index (χ0) is 10.7. The third-order valence-corrected chi connectivity index (χ3v) is 3.46. The summed E-state index contributed by atoms with van der Waals surface area (Å²) in [5, 5.41) is 0.898. The molecule has 1 aromatic heterocycles. The van der Waals surface area contributed by atoms with Crippen LogP contribution in [0.3, 0.4) is 0 Å². The SMILES string of the molecule is Cc1cc(C)nc(SN2CCCCC2)n1. The van der Waals surface area contributed by atoms with Gasteiger partial charge in [-0.3, -0.25) is 0 Å². The number of nitrogens with zero attached hydrogens (tertiary/aromatic N) is 3. The van der Waals surface area contributed by atoms with E-state index < -0.39 is 0 Å². The van der Waals surface area contributed by atoms with E-state index in [9.17, 15) is 0 Å². The van der Waals surface area contributed by atoms with Crippen LogP contribution in [0.5, 0.6) is 0 Å². The maximum atomic E-state index is 4.44. The molecule has 1 saturated heterocycles. The molecule has 2 rings (SSSR count). The second-order valence-corrected chi connectivity index (χ2v) is 5.08. The minimum atomic E-state index is 0.898. The van der Waals surface area contributed by atoms with Gasteiger partial charge in [-0.2, -0.15) is 0 Å². The highest BCUT2D eigenvalue weighted by atomic mass is 32.2. The predicted molar refractivity (Wildman–Crippen MR) is 62.8 cm³/mol. The minimum Gasteiger partial charge on any atom is -0.244 e. The molecule has 1 aliphatic heterocycles. The van der Waals surface area contributed by atoms with Crippen LogP contribution >= 0.6 is 11.9 Å². The van der Waals surface area contributed by atoms with Crippen molar-refractivity contribution in [2.75, 3.05) is 13.1 Å². The molecule has 0 spiro atoms. The normalized spacial score (nSPS) is 18.0. The quantitative estimate of drug-likeness (QED) is 0.569. The van der Waals surface area contributed by atoms with Crippen molar-refractivity contribution in [2.45, 2.75) is 38.3 Å². The fourth-order valence-corrected chi connectivity index (χ4v) is 2.85. The number of aryl methyl sites for hydroxylation is 2. The van der Waals surface area contributed by atoms with Crippen LogP contribution in [0.25, 0.3) is 0 Å². The van der Waals surface area contributed by atoms with E-state index in [4.69, 9.17) is 0 Å². The zero-order valence-corrected chi connectivity index (χ0v) is 10.2. The molecule has 0 radical (unpaired) electrons. The lowest BCUT2D eigenvalue weighted by molar-refractivity contribution is 0.379. The molecule has 0 bridgehead atoms. The summed E-state index contributed by atoms with van der Waals surface area (Å²) in [6.07, 6.45) is 3.97. The summed E-state index contributed by atoms with van der Waals surface area (Å²) in [6.45, 7) is 6.38. The minimum absolute atomic E-state index is 0.898. The van der Waals surface area contributed by atoms with E-state index in [1.54, 1.807) is 11.9 Å². The van der Waals surface area contributed by atoms with Gasteiger partial charge in [0.1, 0.15) is 0 Å². The molecule has 15 heavy (non-hydrogen) atoms. The summed E-state index contributed by atoms with van der Waals surface area (Å²) in [6, 6.07) is 2.01. The van der Waals surface area contributed by atoms with Gasteiger partial charge < -0.3 is 0 Å². The van der Waals surface area contributed by atoms with Crippen molar-refractivity contribution in [3.05, 3.63) is 17.5 Å². The van der Waals surface area contributed by atoms with Crippen LogP contribution in [0, 0.1) is 13.8 Å². The largest absolute Gasteiger partial charge is 0.244 e. The molecular weight excluding hydrogens is 206 g/mol. The highest BCUT2D eigenvalue weighted by Gasteiger charge is 2.13. The summed E-state index contributed by atoms with van der Waals surface area (Å²) >= 11 is 1.70. The van der Waals surface area contributed by atoms with Crippen LogP contribution in [0.4, 0.5) is 0 Å². The van der Waals surface area contributed by atoms with Crippen LogP contribution < -0.4 is 0 Å². The van der Waals surface area contributed by atoms with Crippen LogP contribution in [-0.4, -0.2) is 27.4 Å². The maximum absolute atomic E-state index is 4.44. The molecule has 0 saturated carbocycles. The van der Waals surface area contributed by atoms with Gasteiger partial charge in [0, 0.05) is 24.5 Å². The first-order valence-electron chi connectivity index (χ1n) is 5.49. The molecule has 1 aromatic rings. The fourth-order valence-electron chi connectivity index (χ4n) is 1.81. The molecule has 0 amide bonds. The molecule has 1 fully saturated rings. The lowest BCUT2D eigenvalue weighted by Crippen LogP contribution is -2.23. The first kappa shape index (κ1) is 10.9. The molecule has 0 N–H and O–H groups in total. The van der Waals surface area contributed by atoms with Gasteiger partial charge in [-0.1, -0.05) is 6.42 Å². The van der Waals surface area contributed by atoms with Gasteiger partial charge in [0.05, 0.1) is 0 Å². The fraction of sp³-hybridized carbons (Fsp3) is 0.636. The smallest absolute Gasteiger partial charge is 0.203 e. The van der Waals surface area contributed by atoms with E-state index in [0.717, 1.165) is 16.5 Å². The number of rotatable bonds is 2. The summed E-state index contributed by atoms with van der Waals surface area (Å²) in [7, 11) is 0. The standard InChI is InChI=1S/C11H17N3S/c1-9-8-10(2)13-11(12-9)15-14-6-4-3-5-7-14/h8H,3-7H2,1-2H3. The Hall–Kier alpha value is -0.610. The molecule has 2 heterocycles. The van der Waals surface area contributed by atoms with Gasteiger partial charge in [-0.15, -0.1) is 0 Å². The number of hydrogen-bond acceptors (Lipinski definition) is 4. The highest BCUT2D eigenvalue weighted by molar-refractivity contribution is 7.96. The third kappa shape index (κ3) is 3.18. The van der Waals surface area contributed by atoms with Crippen molar-refractivity contribution in [2.24, 2.45) is 0 Å². The van der Waals surface area contributed by atoms with Crippen molar-refractivity contribution in [1.82, 2.24) is 14.3 Å². The van der Waals surface area contributed by atoms with Gasteiger partial charge in [0.25, 0.3) is 0 Å². The Balaban J connectivity index is 2.02. The van der Waals surface area contributed by atoms with Crippen LogP contribution in [-0.2, 0) is 0 Å². The highest BCUT2D eigenvalue weighted by Crippen LogP contribution is 2.23. The molecule has 3 nitrogen and oxygen atoms in total. The van der Waals surface area contributed by atoms with Crippen LogP contribution in [0.1, 0.15) is 30.7 Å². The number of piperidine rings is 1. The van der Waals surface area contributed by atoms with Crippen molar-refractivity contribution in [1.29, 1.82) is 0 Å². The van der Waals surface area contributed by atoms with E-state index >= 15 is 0 Å². The van der Waals surface area contributed by atoms with E-state index in [0.29, 0.717) is 0 Å². The molecule has 4 heteroatoms. The summed E-state index contributed by atoms with van der Waals surface area (Å²) < 4.78 is 2.37. The molecule has 0 atom stereocenters. The van der Waals surface area contributed by atoms with E-state index in [-0.39, 0.29) is 0 Å². The number of aromatic nitrogens is 2. The van der Waals surface area contributed by atoms with Gasteiger partial charge in [0.15, 0.2) is 0 Å². The Kier molecular flexibility index (Phi) is 3.59. The monoisotopic (exact) mass is 223 g/mol. The van der Waals surface area contributed by atoms with Gasteiger partial charge in [-0.05, 0) is 44.7 Å². The molecule has 0 aliphatic carbocycles. The van der Waals surface area contributed by atoms with Crippen molar-refractivity contribution in [3.63, 3.8) is 0 Å². The van der Waals surface area contributed by atoms with Gasteiger partial charge in [-0.25, -0.2) is 14.3 Å². The summed E-state index contributed by atoms with van der Waals surface area (Å²) in [5.74, 6) is 0. The Morgan fingerprint density at radius 3 is 2.27 bits per heavy atom. The maximum Gasteiger partial charge on any atom is 0.203 e.